The summed E-state index contributed by atoms with van der Waals surface area (Å²) in [5.41, 5.74) is 0.880. The Hall–Kier alpha value is -2.36. The summed E-state index contributed by atoms with van der Waals surface area (Å²) in [4.78, 5) is 11.7. The molecule has 2 aromatic carbocycles. The van der Waals surface area contributed by atoms with Gasteiger partial charge in [0.1, 0.15) is 28.6 Å². The maximum atomic E-state index is 13.5. The molecule has 0 aromatic heterocycles. The van der Waals surface area contributed by atoms with Gasteiger partial charge >= 0.3 is 0 Å². The number of hydrogen-bond donors (Lipinski definition) is 0. The molecule has 3 nitrogen and oxygen atoms in total. The van der Waals surface area contributed by atoms with Gasteiger partial charge in [-0.1, -0.05) is 12.1 Å². The number of ether oxygens (including phenoxy) is 2. The van der Waals surface area contributed by atoms with Crippen LogP contribution in [0.1, 0.15) is 22.8 Å². The third-order valence-corrected chi connectivity index (χ3v) is 2.93. The molecule has 0 bridgehead atoms. The van der Waals surface area contributed by atoms with Gasteiger partial charge in [0.2, 0.25) is 0 Å². The third kappa shape index (κ3) is 2.79. The molecule has 0 saturated carbocycles. The van der Waals surface area contributed by atoms with Gasteiger partial charge in [0.05, 0.1) is 7.11 Å². The van der Waals surface area contributed by atoms with Crippen LogP contribution in [0.4, 0.5) is 4.39 Å². The Balaban J connectivity index is 2.42. The first-order chi connectivity index (χ1) is 9.52. The summed E-state index contributed by atoms with van der Waals surface area (Å²) in [7, 11) is 1.48. The lowest BCUT2D eigenvalue weighted by Crippen LogP contribution is -2.01. The Morgan fingerprint density at radius 1 is 1.15 bits per heavy atom. The largest absolute Gasteiger partial charge is 0.496 e. The average molecular weight is 274 g/mol. The summed E-state index contributed by atoms with van der Waals surface area (Å²) in [5, 5.41) is 0. The Morgan fingerprint density at radius 2 is 1.85 bits per heavy atom. The fraction of sp³-hybridized carbons (Fsp3) is 0.188. The number of hydrogen-bond acceptors (Lipinski definition) is 3. The summed E-state index contributed by atoms with van der Waals surface area (Å²) >= 11 is 0. The Kier molecular flexibility index (Phi) is 4.03. The monoisotopic (exact) mass is 274 g/mol. The van der Waals surface area contributed by atoms with E-state index in [0.29, 0.717) is 28.4 Å². The molecule has 0 amide bonds. The highest BCUT2D eigenvalue weighted by atomic mass is 19.1. The van der Waals surface area contributed by atoms with Crippen molar-refractivity contribution in [3.05, 3.63) is 53.3 Å². The fourth-order valence-corrected chi connectivity index (χ4v) is 1.88. The predicted octanol–water partition coefficient (Wildman–Crippen LogP) is 4.14. The first-order valence-electron chi connectivity index (χ1n) is 6.15. The Morgan fingerprint density at radius 3 is 2.45 bits per heavy atom. The number of benzene rings is 2. The minimum absolute atomic E-state index is 0.176. The number of carbonyl (C=O) groups excluding carboxylic acids is 1. The molecule has 0 aliphatic rings. The predicted molar refractivity (Wildman–Crippen MR) is 74.2 cm³/mol. The van der Waals surface area contributed by atoms with Gasteiger partial charge in [-0.2, -0.15) is 0 Å². The summed E-state index contributed by atoms with van der Waals surface area (Å²) < 4.78 is 24.3. The smallest absolute Gasteiger partial charge is 0.167 e. The van der Waals surface area contributed by atoms with Crippen LogP contribution in [0.5, 0.6) is 17.2 Å². The van der Waals surface area contributed by atoms with Crippen molar-refractivity contribution in [1.82, 2.24) is 0 Å². The molecular formula is C16H15FO3. The van der Waals surface area contributed by atoms with E-state index in [0.717, 1.165) is 0 Å². The van der Waals surface area contributed by atoms with Crippen molar-refractivity contribution >= 4 is 5.78 Å². The molecule has 4 heteroatoms. The topological polar surface area (TPSA) is 35.5 Å². The summed E-state index contributed by atoms with van der Waals surface area (Å²) in [6, 6.07) is 9.61. The molecule has 20 heavy (non-hydrogen) atoms. The lowest BCUT2D eigenvalue weighted by Gasteiger charge is -2.13. The van der Waals surface area contributed by atoms with Crippen LogP contribution in [0.25, 0.3) is 0 Å². The Labute approximate surface area is 117 Å². The third-order valence-electron chi connectivity index (χ3n) is 2.93. The summed E-state index contributed by atoms with van der Waals surface area (Å²) in [5.74, 6) is 0.589. The normalized spacial score (nSPS) is 10.2. The van der Waals surface area contributed by atoms with Gasteiger partial charge in [0, 0.05) is 6.07 Å². The lowest BCUT2D eigenvalue weighted by molar-refractivity contribution is 0.101. The van der Waals surface area contributed by atoms with Gasteiger partial charge < -0.3 is 9.47 Å². The van der Waals surface area contributed by atoms with Gasteiger partial charge in [-0.15, -0.1) is 0 Å². The van der Waals surface area contributed by atoms with E-state index in [4.69, 9.17) is 9.47 Å². The second kappa shape index (κ2) is 5.74. The molecule has 0 fully saturated rings. The molecule has 0 aliphatic heterocycles. The zero-order chi connectivity index (χ0) is 14.7. The van der Waals surface area contributed by atoms with Crippen LogP contribution >= 0.6 is 0 Å². The molecule has 0 radical (unpaired) electrons. The van der Waals surface area contributed by atoms with Crippen molar-refractivity contribution in [3.8, 4) is 17.2 Å². The molecule has 104 valence electrons. The first kappa shape index (κ1) is 14.1. The molecule has 2 rings (SSSR count). The molecule has 0 N–H and O–H groups in total. The summed E-state index contributed by atoms with van der Waals surface area (Å²) in [6.45, 7) is 3.10. The zero-order valence-corrected chi connectivity index (χ0v) is 11.6. The molecule has 0 saturated heterocycles. The van der Waals surface area contributed by atoms with Gasteiger partial charge in [-0.3, -0.25) is 4.79 Å². The van der Waals surface area contributed by atoms with Crippen molar-refractivity contribution in [2.75, 3.05) is 7.11 Å². The number of ketones is 1. The van der Waals surface area contributed by atoms with Crippen LogP contribution in [0.3, 0.4) is 0 Å². The highest BCUT2D eigenvalue weighted by Crippen LogP contribution is 2.32. The van der Waals surface area contributed by atoms with Gasteiger partial charge in [-0.25, -0.2) is 4.39 Å². The number of carbonyl (C=O) groups is 1. The van der Waals surface area contributed by atoms with E-state index in [1.54, 1.807) is 37.3 Å². The van der Waals surface area contributed by atoms with Crippen LogP contribution in [0.2, 0.25) is 0 Å². The standard InChI is InChI=1S/C16H15FO3/c1-10-7-8-12(9-13(10)17)20-15-6-4-5-14(19-3)16(15)11(2)18/h4-9H,1-3H3. The van der Waals surface area contributed by atoms with E-state index in [2.05, 4.69) is 0 Å². The number of halogens is 1. The number of aryl methyl sites for hydroxylation is 1. The second-order valence-corrected chi connectivity index (χ2v) is 4.40. The van der Waals surface area contributed by atoms with Crippen molar-refractivity contribution in [2.45, 2.75) is 13.8 Å². The van der Waals surface area contributed by atoms with E-state index in [1.807, 2.05) is 0 Å². The van der Waals surface area contributed by atoms with Crippen LogP contribution in [-0.4, -0.2) is 12.9 Å². The highest BCUT2D eigenvalue weighted by Gasteiger charge is 2.15. The molecular weight excluding hydrogens is 259 g/mol. The molecule has 0 heterocycles. The maximum Gasteiger partial charge on any atom is 0.167 e. The van der Waals surface area contributed by atoms with E-state index in [1.165, 1.54) is 20.1 Å². The van der Waals surface area contributed by atoms with Crippen LogP contribution < -0.4 is 9.47 Å². The second-order valence-electron chi connectivity index (χ2n) is 4.40. The molecule has 0 unspecified atom stereocenters. The van der Waals surface area contributed by atoms with E-state index < -0.39 is 0 Å². The number of methoxy groups -OCH3 is 1. The lowest BCUT2D eigenvalue weighted by atomic mass is 10.1. The van der Waals surface area contributed by atoms with E-state index >= 15 is 0 Å². The average Bonchev–Trinajstić information content (AvgIpc) is 2.42. The van der Waals surface area contributed by atoms with Crippen LogP contribution in [0, 0.1) is 12.7 Å². The molecule has 0 spiro atoms. The number of rotatable bonds is 4. The fourth-order valence-electron chi connectivity index (χ4n) is 1.88. The van der Waals surface area contributed by atoms with Crippen LogP contribution in [-0.2, 0) is 0 Å². The highest BCUT2D eigenvalue weighted by molar-refractivity contribution is 5.99. The zero-order valence-electron chi connectivity index (χ0n) is 11.6. The first-order valence-corrected chi connectivity index (χ1v) is 6.15. The molecule has 0 atom stereocenters. The van der Waals surface area contributed by atoms with Gasteiger partial charge in [-0.05, 0) is 37.6 Å². The molecule has 0 aliphatic carbocycles. The van der Waals surface area contributed by atoms with Gasteiger partial charge in [0.15, 0.2) is 5.78 Å². The van der Waals surface area contributed by atoms with Crippen LogP contribution in [0.15, 0.2) is 36.4 Å². The minimum Gasteiger partial charge on any atom is -0.496 e. The molecule has 2 aromatic rings. The maximum absolute atomic E-state index is 13.5. The van der Waals surface area contributed by atoms with Crippen molar-refractivity contribution in [2.24, 2.45) is 0 Å². The Bertz CT molecular complexity index is 650. The van der Waals surface area contributed by atoms with Crippen molar-refractivity contribution in [3.63, 3.8) is 0 Å². The van der Waals surface area contributed by atoms with E-state index in [-0.39, 0.29) is 11.6 Å². The minimum atomic E-state index is -0.352. The quantitative estimate of drug-likeness (QED) is 0.786. The summed E-state index contributed by atoms with van der Waals surface area (Å²) in [6.07, 6.45) is 0. The van der Waals surface area contributed by atoms with Crippen molar-refractivity contribution in [1.29, 1.82) is 0 Å². The van der Waals surface area contributed by atoms with E-state index in [9.17, 15) is 9.18 Å². The number of Topliss-reactive ketones (excluding diaryl/α,β-unsaturated/α-hetero) is 1. The SMILES string of the molecule is COc1cccc(Oc2ccc(C)c(F)c2)c1C(C)=O. The van der Waals surface area contributed by atoms with Crippen molar-refractivity contribution < 1.29 is 18.7 Å². The van der Waals surface area contributed by atoms with Gasteiger partial charge in [0.25, 0.3) is 0 Å².